The van der Waals surface area contributed by atoms with Crippen molar-refractivity contribution in [1.82, 2.24) is 14.7 Å². The molecule has 0 saturated carbocycles. The fraction of sp³-hybridized carbons (Fsp3) is 0.650. The number of piperazine rings is 1. The van der Waals surface area contributed by atoms with E-state index in [-0.39, 0.29) is 23.5 Å². The van der Waals surface area contributed by atoms with Gasteiger partial charge in [0.15, 0.2) is 9.84 Å². The molecule has 6 nitrogen and oxygen atoms in total. The van der Waals surface area contributed by atoms with Gasteiger partial charge in [-0.2, -0.15) is 0 Å². The van der Waals surface area contributed by atoms with E-state index in [1.807, 2.05) is 17.9 Å². The summed E-state index contributed by atoms with van der Waals surface area (Å²) in [6.45, 7) is 7.68. The highest BCUT2D eigenvalue weighted by Gasteiger charge is 2.34. The van der Waals surface area contributed by atoms with E-state index in [2.05, 4.69) is 34.1 Å². The van der Waals surface area contributed by atoms with Crippen molar-refractivity contribution in [3.05, 3.63) is 35.9 Å². The van der Waals surface area contributed by atoms with Gasteiger partial charge in [-0.3, -0.25) is 14.6 Å². The first-order valence-corrected chi connectivity index (χ1v) is 11.8. The molecule has 1 aromatic rings. The average Bonchev–Trinajstić information content (AvgIpc) is 3.01. The summed E-state index contributed by atoms with van der Waals surface area (Å²) in [6, 6.07) is 10.3. The second kappa shape index (κ2) is 9.17. The van der Waals surface area contributed by atoms with Gasteiger partial charge in [0.25, 0.3) is 0 Å². The Hall–Kier alpha value is -1.44. The van der Waals surface area contributed by atoms with Crippen LogP contribution in [0, 0.1) is 0 Å². The number of hydrogen-bond donors (Lipinski definition) is 0. The van der Waals surface area contributed by atoms with Crippen molar-refractivity contribution in [2.24, 2.45) is 0 Å². The second-order valence-electron chi connectivity index (χ2n) is 7.68. The Labute approximate surface area is 163 Å². The molecule has 2 saturated heterocycles. The summed E-state index contributed by atoms with van der Waals surface area (Å²) < 4.78 is 23.6. The van der Waals surface area contributed by atoms with Gasteiger partial charge in [-0.25, -0.2) is 8.42 Å². The van der Waals surface area contributed by atoms with Crippen molar-refractivity contribution in [2.45, 2.75) is 32.4 Å². The Morgan fingerprint density at radius 3 is 2.37 bits per heavy atom. The zero-order valence-corrected chi connectivity index (χ0v) is 17.0. The van der Waals surface area contributed by atoms with Crippen LogP contribution in [0.2, 0.25) is 0 Å². The molecule has 0 aliphatic carbocycles. The minimum Gasteiger partial charge on any atom is -0.338 e. The van der Waals surface area contributed by atoms with E-state index in [1.54, 1.807) is 0 Å². The van der Waals surface area contributed by atoms with Crippen LogP contribution in [0.4, 0.5) is 0 Å². The smallest absolute Gasteiger partial charge is 0.237 e. The predicted molar refractivity (Wildman–Crippen MR) is 107 cm³/mol. The molecule has 1 aromatic carbocycles. The van der Waals surface area contributed by atoms with Gasteiger partial charge >= 0.3 is 0 Å². The first-order valence-electron chi connectivity index (χ1n) is 9.95. The molecule has 1 atom stereocenters. The Kier molecular flexibility index (Phi) is 6.89. The summed E-state index contributed by atoms with van der Waals surface area (Å²) in [5, 5.41) is 0. The van der Waals surface area contributed by atoms with Crippen LogP contribution in [0.25, 0.3) is 0 Å². The maximum absolute atomic E-state index is 12.8. The van der Waals surface area contributed by atoms with E-state index in [9.17, 15) is 13.2 Å². The van der Waals surface area contributed by atoms with Crippen molar-refractivity contribution >= 4 is 15.7 Å². The Bertz CT molecular complexity index is 715. The van der Waals surface area contributed by atoms with Crippen molar-refractivity contribution in [3.63, 3.8) is 0 Å². The van der Waals surface area contributed by atoms with Crippen LogP contribution < -0.4 is 0 Å². The fourth-order valence-electron chi connectivity index (χ4n) is 4.00. The fourth-order valence-corrected chi connectivity index (χ4v) is 5.73. The Balaban J connectivity index is 1.49. The lowest BCUT2D eigenvalue weighted by molar-refractivity contribution is -0.134. The number of nitrogens with zero attached hydrogens (tertiary/aromatic N) is 3. The Morgan fingerprint density at radius 1 is 1.11 bits per heavy atom. The molecule has 2 fully saturated rings. The summed E-state index contributed by atoms with van der Waals surface area (Å²) in [5.41, 5.74) is 1.32. The lowest BCUT2D eigenvalue weighted by Gasteiger charge is -2.36. The summed E-state index contributed by atoms with van der Waals surface area (Å²) in [7, 11) is -2.98. The lowest BCUT2D eigenvalue weighted by Crippen LogP contribution is -2.51. The maximum Gasteiger partial charge on any atom is 0.237 e. The third-order valence-corrected chi connectivity index (χ3v) is 7.26. The molecular formula is C20H31N3O3S. The first-order chi connectivity index (χ1) is 13.0. The molecule has 0 radical (unpaired) electrons. The molecule has 27 heavy (non-hydrogen) atoms. The zero-order valence-electron chi connectivity index (χ0n) is 16.2. The van der Waals surface area contributed by atoms with Crippen molar-refractivity contribution in [1.29, 1.82) is 0 Å². The summed E-state index contributed by atoms with van der Waals surface area (Å²) >= 11 is 0. The van der Waals surface area contributed by atoms with E-state index in [1.165, 1.54) is 5.56 Å². The molecule has 0 spiro atoms. The number of hydrogen-bond acceptors (Lipinski definition) is 5. The average molecular weight is 394 g/mol. The molecule has 1 unspecified atom stereocenters. The predicted octanol–water partition coefficient (Wildman–Crippen LogP) is 1.23. The molecule has 0 N–H and O–H groups in total. The molecule has 3 rings (SSSR count). The summed E-state index contributed by atoms with van der Waals surface area (Å²) in [5.74, 6) is 0.419. The molecule has 0 bridgehead atoms. The molecule has 150 valence electrons. The van der Waals surface area contributed by atoms with E-state index in [4.69, 9.17) is 0 Å². The molecular weight excluding hydrogens is 362 g/mol. The largest absolute Gasteiger partial charge is 0.338 e. The van der Waals surface area contributed by atoms with Crippen molar-refractivity contribution < 1.29 is 13.2 Å². The van der Waals surface area contributed by atoms with Gasteiger partial charge in [0.2, 0.25) is 5.91 Å². The SMILES string of the molecule is CCCN(C(=O)CN1CCN(Cc2ccccc2)CC1)C1CCS(=O)(=O)C1. The maximum atomic E-state index is 12.8. The number of sulfone groups is 1. The van der Waals surface area contributed by atoms with Crippen LogP contribution in [-0.2, 0) is 21.2 Å². The highest BCUT2D eigenvalue weighted by molar-refractivity contribution is 7.91. The molecule has 1 amide bonds. The van der Waals surface area contributed by atoms with Gasteiger partial charge in [-0.05, 0) is 18.4 Å². The molecule has 2 aliphatic rings. The zero-order chi connectivity index (χ0) is 19.3. The van der Waals surface area contributed by atoms with Gasteiger partial charge in [0.1, 0.15) is 0 Å². The minimum absolute atomic E-state index is 0.0791. The monoisotopic (exact) mass is 393 g/mol. The highest BCUT2D eigenvalue weighted by Crippen LogP contribution is 2.19. The van der Waals surface area contributed by atoms with E-state index >= 15 is 0 Å². The van der Waals surface area contributed by atoms with Crippen molar-refractivity contribution in [2.75, 3.05) is 50.8 Å². The highest BCUT2D eigenvalue weighted by atomic mass is 32.2. The number of amides is 1. The van der Waals surface area contributed by atoms with Gasteiger partial charge in [-0.15, -0.1) is 0 Å². The Morgan fingerprint density at radius 2 is 1.78 bits per heavy atom. The van der Waals surface area contributed by atoms with E-state index in [0.717, 1.165) is 39.1 Å². The van der Waals surface area contributed by atoms with Crippen LogP contribution >= 0.6 is 0 Å². The molecule has 7 heteroatoms. The van der Waals surface area contributed by atoms with Crippen LogP contribution in [0.1, 0.15) is 25.3 Å². The van der Waals surface area contributed by atoms with Crippen molar-refractivity contribution in [3.8, 4) is 0 Å². The quantitative estimate of drug-likeness (QED) is 0.697. The number of benzene rings is 1. The lowest BCUT2D eigenvalue weighted by atomic mass is 10.2. The van der Waals surface area contributed by atoms with Crippen LogP contribution in [0.5, 0.6) is 0 Å². The van der Waals surface area contributed by atoms with Crippen LogP contribution in [-0.4, -0.2) is 85.8 Å². The number of carbonyl (C=O) groups excluding carboxylic acids is 1. The van der Waals surface area contributed by atoms with E-state index in [0.29, 0.717) is 19.5 Å². The second-order valence-corrected chi connectivity index (χ2v) is 9.91. The third-order valence-electron chi connectivity index (χ3n) is 5.51. The first kappa shape index (κ1) is 20.3. The molecule has 2 heterocycles. The molecule has 0 aromatic heterocycles. The number of rotatable bonds is 7. The normalized spacial score (nSPS) is 23.4. The van der Waals surface area contributed by atoms with Gasteiger partial charge < -0.3 is 4.90 Å². The van der Waals surface area contributed by atoms with Gasteiger partial charge in [0, 0.05) is 45.3 Å². The third kappa shape index (κ3) is 5.77. The van der Waals surface area contributed by atoms with Crippen LogP contribution in [0.3, 0.4) is 0 Å². The number of carbonyl (C=O) groups is 1. The van der Waals surface area contributed by atoms with Crippen LogP contribution in [0.15, 0.2) is 30.3 Å². The summed E-state index contributed by atoms with van der Waals surface area (Å²) in [4.78, 5) is 19.3. The van der Waals surface area contributed by atoms with Gasteiger partial charge in [0.05, 0.1) is 18.1 Å². The van der Waals surface area contributed by atoms with E-state index < -0.39 is 9.84 Å². The molecule has 2 aliphatic heterocycles. The van der Waals surface area contributed by atoms with Gasteiger partial charge in [-0.1, -0.05) is 37.3 Å². The minimum atomic E-state index is -2.98. The standard InChI is InChI=1S/C20H31N3O3S/c1-2-9-23(19-8-14-27(25,26)17-19)20(24)16-22-12-10-21(11-13-22)15-18-6-4-3-5-7-18/h3-7,19H,2,8-17H2,1H3. The topological polar surface area (TPSA) is 60.9 Å². The summed E-state index contributed by atoms with van der Waals surface area (Å²) in [6.07, 6.45) is 1.44.